The lowest BCUT2D eigenvalue weighted by Crippen LogP contribution is -2.29. The van der Waals surface area contributed by atoms with Crippen molar-refractivity contribution in [1.29, 1.82) is 0 Å². The number of hydrogen-bond donors (Lipinski definition) is 4. The number of nitro benzene ring substituents is 2. The quantitative estimate of drug-likeness (QED) is 0.170. The Morgan fingerprint density at radius 1 is 0.556 bits per heavy atom. The number of amides is 2. The van der Waals surface area contributed by atoms with Crippen molar-refractivity contribution in [2.24, 2.45) is 0 Å². The Kier molecular flexibility index (Phi) is 8.87. The largest absolute Gasteiger partial charge is 0.383 e. The van der Waals surface area contributed by atoms with Crippen LogP contribution in [0, 0.1) is 20.2 Å². The number of carbonyl (C=O) groups is 2. The van der Waals surface area contributed by atoms with Crippen molar-refractivity contribution in [3.05, 3.63) is 104 Å². The average Bonchev–Trinajstić information content (AvgIpc) is 2.89. The Bertz CT molecular complexity index is 1120. The van der Waals surface area contributed by atoms with E-state index in [1.165, 1.54) is 24.3 Å². The first kappa shape index (κ1) is 25.6. The van der Waals surface area contributed by atoms with Crippen molar-refractivity contribution < 1.29 is 19.4 Å². The summed E-state index contributed by atoms with van der Waals surface area (Å²) in [6.07, 6.45) is 0. The molecule has 36 heavy (non-hydrogen) atoms. The summed E-state index contributed by atoms with van der Waals surface area (Å²) in [6.45, 7) is 1.52. The van der Waals surface area contributed by atoms with Crippen LogP contribution in [0.3, 0.4) is 0 Å². The van der Waals surface area contributed by atoms with Crippen LogP contribution < -0.4 is 21.3 Å². The Morgan fingerprint density at radius 2 is 0.889 bits per heavy atom. The second-order valence-corrected chi connectivity index (χ2v) is 7.55. The molecule has 0 fully saturated rings. The molecule has 0 aliphatic rings. The number of benzene rings is 3. The molecule has 0 unspecified atom stereocenters. The molecule has 4 N–H and O–H groups in total. The van der Waals surface area contributed by atoms with Crippen LogP contribution in [0.5, 0.6) is 0 Å². The summed E-state index contributed by atoms with van der Waals surface area (Å²) in [6, 6.07) is 18.2. The zero-order valence-electron chi connectivity index (χ0n) is 19.1. The molecule has 3 aromatic carbocycles. The van der Waals surface area contributed by atoms with Crippen LogP contribution in [0.2, 0.25) is 0 Å². The van der Waals surface area contributed by atoms with Gasteiger partial charge in [-0.2, -0.15) is 0 Å². The molecule has 186 valence electrons. The highest BCUT2D eigenvalue weighted by Gasteiger charge is 2.09. The van der Waals surface area contributed by atoms with Crippen LogP contribution in [-0.2, 0) is 0 Å². The van der Waals surface area contributed by atoms with E-state index in [2.05, 4.69) is 21.3 Å². The van der Waals surface area contributed by atoms with Gasteiger partial charge in [-0.1, -0.05) is 0 Å². The molecule has 12 nitrogen and oxygen atoms in total. The molecule has 12 heteroatoms. The fraction of sp³-hybridized carbons (Fsp3) is 0.167. The van der Waals surface area contributed by atoms with Crippen molar-refractivity contribution in [1.82, 2.24) is 10.6 Å². The number of rotatable bonds is 12. The minimum absolute atomic E-state index is 0.00453. The zero-order chi connectivity index (χ0) is 25.9. The molecule has 0 aromatic heterocycles. The van der Waals surface area contributed by atoms with Crippen LogP contribution in [-0.4, -0.2) is 47.8 Å². The Morgan fingerprint density at radius 3 is 1.19 bits per heavy atom. The normalized spacial score (nSPS) is 10.2. The molecule has 3 rings (SSSR count). The molecule has 3 aromatic rings. The highest BCUT2D eigenvalue weighted by Crippen LogP contribution is 2.16. The second kappa shape index (κ2) is 12.5. The van der Waals surface area contributed by atoms with Gasteiger partial charge in [-0.05, 0) is 48.5 Å². The van der Waals surface area contributed by atoms with E-state index in [9.17, 15) is 29.8 Å². The Labute approximate surface area is 206 Å². The van der Waals surface area contributed by atoms with Crippen LogP contribution in [0.4, 0.5) is 22.7 Å². The maximum atomic E-state index is 12.3. The van der Waals surface area contributed by atoms with E-state index in [0.29, 0.717) is 48.7 Å². The van der Waals surface area contributed by atoms with Crippen molar-refractivity contribution in [2.45, 2.75) is 0 Å². The number of carbonyl (C=O) groups excluding carboxylic acids is 2. The molecular weight excluding hydrogens is 468 g/mol. The molecule has 0 saturated heterocycles. The number of non-ortho nitro benzene ring substituents is 2. The first-order chi connectivity index (χ1) is 17.3. The van der Waals surface area contributed by atoms with E-state index in [-0.39, 0.29) is 23.2 Å². The van der Waals surface area contributed by atoms with E-state index < -0.39 is 9.85 Å². The molecule has 0 spiro atoms. The third-order valence-corrected chi connectivity index (χ3v) is 5.04. The van der Waals surface area contributed by atoms with Crippen LogP contribution in [0.1, 0.15) is 20.7 Å². The van der Waals surface area contributed by atoms with Gasteiger partial charge in [0, 0.05) is 72.9 Å². The minimum atomic E-state index is -0.472. The summed E-state index contributed by atoms with van der Waals surface area (Å²) in [5.41, 5.74) is 2.22. The van der Waals surface area contributed by atoms with Gasteiger partial charge in [0.1, 0.15) is 0 Å². The van der Waals surface area contributed by atoms with Gasteiger partial charge in [-0.3, -0.25) is 29.8 Å². The molecule has 0 atom stereocenters. The summed E-state index contributed by atoms with van der Waals surface area (Å²) in [4.78, 5) is 45.0. The Hall–Kier alpha value is -5.00. The lowest BCUT2D eigenvalue weighted by molar-refractivity contribution is -0.385. The molecular formula is C24H24N6O6. The predicted octanol–water partition coefficient (Wildman–Crippen LogP) is 3.19. The molecule has 0 aliphatic heterocycles. The fourth-order valence-electron chi connectivity index (χ4n) is 3.14. The summed E-state index contributed by atoms with van der Waals surface area (Å²) >= 11 is 0. The fourth-order valence-corrected chi connectivity index (χ4v) is 3.14. The Balaban J connectivity index is 1.36. The first-order valence-electron chi connectivity index (χ1n) is 11.0. The summed E-state index contributed by atoms with van der Waals surface area (Å²) in [5.74, 6) is -0.584. The molecule has 0 radical (unpaired) electrons. The molecule has 0 bridgehead atoms. The van der Waals surface area contributed by atoms with Gasteiger partial charge in [0.2, 0.25) is 0 Å². The van der Waals surface area contributed by atoms with Crippen molar-refractivity contribution in [3.63, 3.8) is 0 Å². The van der Waals surface area contributed by atoms with Gasteiger partial charge >= 0.3 is 0 Å². The smallest absolute Gasteiger partial charge is 0.269 e. The summed E-state index contributed by atoms with van der Waals surface area (Å²) < 4.78 is 0. The van der Waals surface area contributed by atoms with Crippen LogP contribution in [0.15, 0.2) is 72.8 Å². The highest BCUT2D eigenvalue weighted by atomic mass is 16.6. The van der Waals surface area contributed by atoms with Crippen LogP contribution in [0.25, 0.3) is 0 Å². The molecule has 0 heterocycles. The van der Waals surface area contributed by atoms with Gasteiger partial charge in [-0.15, -0.1) is 0 Å². The monoisotopic (exact) mass is 492 g/mol. The number of hydrogen-bond acceptors (Lipinski definition) is 8. The van der Waals surface area contributed by atoms with E-state index in [1.54, 1.807) is 48.5 Å². The number of nitrogens with one attached hydrogen (secondary N) is 4. The van der Waals surface area contributed by atoms with Crippen molar-refractivity contribution in [3.8, 4) is 0 Å². The van der Waals surface area contributed by atoms with E-state index in [1.807, 2.05) is 0 Å². The first-order valence-corrected chi connectivity index (χ1v) is 11.0. The third-order valence-electron chi connectivity index (χ3n) is 5.04. The minimum Gasteiger partial charge on any atom is -0.383 e. The standard InChI is InChI=1S/C24H24N6O6/c31-23(27-15-13-25-19-5-9-21(10-6-19)29(33)34)17-1-2-18(4-3-17)24(32)28-16-14-26-20-7-11-22(12-8-20)30(35)36/h1-12,25-26H,13-16H2,(H,27,31)(H,28,32). The van der Waals surface area contributed by atoms with E-state index in [0.717, 1.165) is 0 Å². The van der Waals surface area contributed by atoms with Gasteiger partial charge in [0.25, 0.3) is 23.2 Å². The van der Waals surface area contributed by atoms with Gasteiger partial charge in [-0.25, -0.2) is 0 Å². The van der Waals surface area contributed by atoms with Gasteiger partial charge in [0.05, 0.1) is 9.85 Å². The van der Waals surface area contributed by atoms with Crippen molar-refractivity contribution >= 4 is 34.6 Å². The maximum absolute atomic E-state index is 12.3. The number of anilines is 2. The van der Waals surface area contributed by atoms with Gasteiger partial charge < -0.3 is 21.3 Å². The second-order valence-electron chi connectivity index (χ2n) is 7.55. The number of nitrogens with zero attached hydrogens (tertiary/aromatic N) is 2. The summed E-state index contributed by atoms with van der Waals surface area (Å²) in [7, 11) is 0. The lowest BCUT2D eigenvalue weighted by Gasteiger charge is -2.09. The third kappa shape index (κ3) is 7.52. The number of nitro groups is 2. The topological polar surface area (TPSA) is 169 Å². The summed E-state index contributed by atoms with van der Waals surface area (Å²) in [5, 5.41) is 33.0. The highest BCUT2D eigenvalue weighted by molar-refractivity contribution is 5.97. The zero-order valence-corrected chi connectivity index (χ0v) is 19.1. The van der Waals surface area contributed by atoms with Gasteiger partial charge in [0.15, 0.2) is 0 Å². The van der Waals surface area contributed by atoms with Crippen LogP contribution >= 0.6 is 0 Å². The SMILES string of the molecule is O=C(NCCNc1ccc([N+](=O)[O-])cc1)c1ccc(C(=O)NCCNc2ccc([N+](=O)[O-])cc2)cc1. The maximum Gasteiger partial charge on any atom is 0.269 e. The lowest BCUT2D eigenvalue weighted by atomic mass is 10.1. The van der Waals surface area contributed by atoms with E-state index in [4.69, 9.17) is 0 Å². The average molecular weight is 492 g/mol. The van der Waals surface area contributed by atoms with E-state index >= 15 is 0 Å². The predicted molar refractivity (Wildman–Crippen MR) is 134 cm³/mol. The van der Waals surface area contributed by atoms with Crippen molar-refractivity contribution in [2.75, 3.05) is 36.8 Å². The molecule has 2 amide bonds. The molecule has 0 saturated carbocycles. The molecule has 0 aliphatic carbocycles.